The number of nitrogens with two attached hydrogens (primary N) is 1. The standard InChI is InChI=1S/C23H27F3N4O2/c24-23(25,26)18-11-17(6-5-16(18)13-27)30-14-22(12-19(30)20(28)31)7-9-29(10-8-22)21(32)15-3-1-2-4-15/h5-6,11,15,19H,1-4,7-10,12,14H2,(H2,28,31). The van der Waals surface area contributed by atoms with E-state index >= 15 is 0 Å². The molecule has 1 aliphatic carbocycles. The number of benzene rings is 1. The van der Waals surface area contributed by atoms with E-state index in [1.165, 1.54) is 6.07 Å². The lowest BCUT2D eigenvalue weighted by atomic mass is 9.76. The predicted octanol–water partition coefficient (Wildman–Crippen LogP) is 3.44. The van der Waals surface area contributed by atoms with Crippen molar-refractivity contribution in [3.8, 4) is 6.07 Å². The van der Waals surface area contributed by atoms with Crippen molar-refractivity contribution < 1.29 is 22.8 Å². The fraction of sp³-hybridized carbons (Fsp3) is 0.609. The van der Waals surface area contributed by atoms with Gasteiger partial charge >= 0.3 is 6.18 Å². The zero-order valence-electron chi connectivity index (χ0n) is 17.8. The Bertz CT molecular complexity index is 942. The number of carbonyl (C=O) groups excluding carboxylic acids is 2. The SMILES string of the molecule is N#Cc1ccc(N2CC3(CCN(C(=O)C4CCCC4)CC3)CC2C(N)=O)cc1C(F)(F)F. The molecule has 2 heterocycles. The van der Waals surface area contributed by atoms with Crippen LogP contribution in [0.4, 0.5) is 18.9 Å². The number of rotatable bonds is 3. The normalized spacial score (nSPS) is 23.5. The van der Waals surface area contributed by atoms with Crippen molar-refractivity contribution in [1.29, 1.82) is 5.26 Å². The molecule has 1 aromatic rings. The van der Waals surface area contributed by atoms with Crippen LogP contribution in [-0.2, 0) is 15.8 Å². The summed E-state index contributed by atoms with van der Waals surface area (Å²) in [6, 6.07) is 4.39. The molecule has 0 bridgehead atoms. The highest BCUT2D eigenvalue weighted by atomic mass is 19.4. The first-order valence-corrected chi connectivity index (χ1v) is 11.1. The minimum atomic E-state index is -4.67. The van der Waals surface area contributed by atoms with E-state index < -0.39 is 29.3 Å². The Labute approximate surface area is 185 Å². The zero-order chi connectivity index (χ0) is 23.1. The molecule has 2 amide bonds. The van der Waals surface area contributed by atoms with Crippen molar-refractivity contribution in [2.45, 2.75) is 57.2 Å². The average molecular weight is 448 g/mol. The molecule has 9 heteroatoms. The van der Waals surface area contributed by atoms with E-state index in [9.17, 15) is 22.8 Å². The van der Waals surface area contributed by atoms with Gasteiger partial charge < -0.3 is 15.5 Å². The third-order valence-corrected chi connectivity index (χ3v) is 7.44. The average Bonchev–Trinajstić information content (AvgIpc) is 3.42. The molecule has 32 heavy (non-hydrogen) atoms. The van der Waals surface area contributed by atoms with Gasteiger partial charge in [-0.1, -0.05) is 12.8 Å². The lowest BCUT2D eigenvalue weighted by Crippen LogP contribution is -2.46. The monoisotopic (exact) mass is 448 g/mol. The summed E-state index contributed by atoms with van der Waals surface area (Å²) in [7, 11) is 0. The molecule has 1 unspecified atom stereocenters. The fourth-order valence-corrected chi connectivity index (χ4v) is 5.62. The van der Waals surface area contributed by atoms with Crippen molar-refractivity contribution in [1.82, 2.24) is 4.90 Å². The summed E-state index contributed by atoms with van der Waals surface area (Å²) in [6.07, 6.45) is 1.22. The first-order valence-electron chi connectivity index (χ1n) is 11.1. The number of amides is 2. The molecule has 6 nitrogen and oxygen atoms in total. The second-order valence-electron chi connectivity index (χ2n) is 9.40. The van der Waals surface area contributed by atoms with Crippen molar-refractivity contribution >= 4 is 17.5 Å². The van der Waals surface area contributed by atoms with Crippen molar-refractivity contribution in [3.63, 3.8) is 0 Å². The maximum absolute atomic E-state index is 13.5. The summed E-state index contributed by atoms with van der Waals surface area (Å²) < 4.78 is 40.4. The van der Waals surface area contributed by atoms with Gasteiger partial charge in [0.05, 0.1) is 17.2 Å². The number of halogens is 3. The molecule has 2 aliphatic heterocycles. The highest BCUT2D eigenvalue weighted by molar-refractivity contribution is 5.85. The smallest absolute Gasteiger partial charge is 0.368 e. The summed E-state index contributed by atoms with van der Waals surface area (Å²) in [6.45, 7) is 1.58. The van der Waals surface area contributed by atoms with Crippen LogP contribution in [0.15, 0.2) is 18.2 Å². The summed E-state index contributed by atoms with van der Waals surface area (Å²) >= 11 is 0. The predicted molar refractivity (Wildman–Crippen MR) is 111 cm³/mol. The van der Waals surface area contributed by atoms with E-state index in [0.29, 0.717) is 38.9 Å². The van der Waals surface area contributed by atoms with Crippen molar-refractivity contribution in [2.75, 3.05) is 24.5 Å². The number of nitriles is 1. The van der Waals surface area contributed by atoms with Crippen LogP contribution < -0.4 is 10.6 Å². The molecule has 172 valence electrons. The van der Waals surface area contributed by atoms with Crippen LogP contribution in [0.3, 0.4) is 0 Å². The Balaban J connectivity index is 1.54. The summed E-state index contributed by atoms with van der Waals surface area (Å²) in [5.74, 6) is -0.258. The third kappa shape index (κ3) is 4.15. The fourth-order valence-electron chi connectivity index (χ4n) is 5.62. The molecule has 2 N–H and O–H groups in total. The van der Waals surface area contributed by atoms with E-state index in [0.717, 1.165) is 37.8 Å². The van der Waals surface area contributed by atoms with Crippen LogP contribution in [0.5, 0.6) is 0 Å². The molecule has 1 aromatic carbocycles. The Morgan fingerprint density at radius 1 is 1.16 bits per heavy atom. The van der Waals surface area contributed by atoms with E-state index in [2.05, 4.69) is 0 Å². The van der Waals surface area contributed by atoms with E-state index in [-0.39, 0.29) is 22.9 Å². The molecule has 0 radical (unpaired) electrons. The van der Waals surface area contributed by atoms with Crippen LogP contribution in [-0.4, -0.2) is 42.4 Å². The van der Waals surface area contributed by atoms with E-state index in [1.54, 1.807) is 11.0 Å². The Hall–Kier alpha value is -2.76. The summed E-state index contributed by atoms with van der Waals surface area (Å²) in [5.41, 5.74) is 4.12. The number of alkyl halides is 3. The van der Waals surface area contributed by atoms with Gasteiger partial charge in [0, 0.05) is 31.2 Å². The number of nitrogens with zero attached hydrogens (tertiary/aromatic N) is 3. The largest absolute Gasteiger partial charge is 0.417 e. The number of hydrogen-bond donors (Lipinski definition) is 1. The van der Waals surface area contributed by atoms with Crippen molar-refractivity contribution in [2.24, 2.45) is 17.1 Å². The lowest BCUT2D eigenvalue weighted by molar-refractivity contribution is -0.138. The molecule has 3 fully saturated rings. The van der Waals surface area contributed by atoms with Gasteiger partial charge in [-0.05, 0) is 55.7 Å². The zero-order valence-corrected chi connectivity index (χ0v) is 17.8. The van der Waals surface area contributed by atoms with Crippen LogP contribution in [0.1, 0.15) is 56.1 Å². The molecular weight excluding hydrogens is 421 g/mol. The van der Waals surface area contributed by atoms with Gasteiger partial charge in [0.15, 0.2) is 0 Å². The molecule has 3 aliphatic rings. The Kier molecular flexibility index (Phi) is 5.82. The number of hydrogen-bond acceptors (Lipinski definition) is 4. The van der Waals surface area contributed by atoms with Gasteiger partial charge in [0.2, 0.25) is 11.8 Å². The third-order valence-electron chi connectivity index (χ3n) is 7.44. The maximum atomic E-state index is 13.5. The highest BCUT2D eigenvalue weighted by Gasteiger charge is 2.49. The lowest BCUT2D eigenvalue weighted by Gasteiger charge is -2.40. The van der Waals surface area contributed by atoms with Gasteiger partial charge in [0.25, 0.3) is 0 Å². The number of likely N-dealkylation sites (tertiary alicyclic amines) is 1. The van der Waals surface area contributed by atoms with Gasteiger partial charge in [-0.3, -0.25) is 9.59 Å². The molecule has 0 aromatic heterocycles. The topological polar surface area (TPSA) is 90.4 Å². The molecule has 1 spiro atoms. The maximum Gasteiger partial charge on any atom is 0.417 e. The van der Waals surface area contributed by atoms with Gasteiger partial charge in [-0.25, -0.2) is 0 Å². The molecule has 4 rings (SSSR count). The van der Waals surface area contributed by atoms with Gasteiger partial charge in [0.1, 0.15) is 6.04 Å². The number of piperidine rings is 1. The Morgan fingerprint density at radius 2 is 1.81 bits per heavy atom. The van der Waals surface area contributed by atoms with Gasteiger partial charge in [-0.2, -0.15) is 18.4 Å². The van der Waals surface area contributed by atoms with Crippen LogP contribution in [0.25, 0.3) is 0 Å². The van der Waals surface area contributed by atoms with E-state index in [4.69, 9.17) is 11.0 Å². The second-order valence-corrected chi connectivity index (χ2v) is 9.40. The summed E-state index contributed by atoms with van der Waals surface area (Å²) in [4.78, 5) is 28.5. The minimum Gasteiger partial charge on any atom is -0.368 e. The molecule has 1 saturated carbocycles. The first-order chi connectivity index (χ1) is 15.1. The second kappa shape index (κ2) is 8.30. The van der Waals surface area contributed by atoms with Crippen molar-refractivity contribution in [3.05, 3.63) is 29.3 Å². The molecule has 1 atom stereocenters. The van der Waals surface area contributed by atoms with Gasteiger partial charge in [-0.15, -0.1) is 0 Å². The minimum absolute atomic E-state index is 0.113. The molecular formula is C23H27F3N4O2. The number of anilines is 1. The quantitative estimate of drug-likeness (QED) is 0.767. The first kappa shape index (κ1) is 22.4. The van der Waals surface area contributed by atoms with Crippen LogP contribution >= 0.6 is 0 Å². The van der Waals surface area contributed by atoms with E-state index in [1.807, 2.05) is 4.90 Å². The van der Waals surface area contributed by atoms with Crippen LogP contribution in [0, 0.1) is 22.7 Å². The number of carbonyl (C=O) groups is 2. The highest BCUT2D eigenvalue weighted by Crippen LogP contribution is 2.46. The number of primary amides is 1. The Morgan fingerprint density at radius 3 is 2.38 bits per heavy atom. The summed E-state index contributed by atoms with van der Waals surface area (Å²) in [5, 5.41) is 9.06. The van der Waals surface area contributed by atoms with Crippen LogP contribution in [0.2, 0.25) is 0 Å². The molecule has 2 saturated heterocycles.